The minimum atomic E-state index is -1.25. The molecule has 0 fully saturated rings. The first-order valence-corrected chi connectivity index (χ1v) is 12.7. The number of ether oxygens (including phenoxy) is 1. The number of amides is 3. The smallest absolute Gasteiger partial charge is 0.325 e. The summed E-state index contributed by atoms with van der Waals surface area (Å²) < 4.78 is 8.89. The Labute approximate surface area is 227 Å². The first-order valence-electron chi connectivity index (χ1n) is 11.9. The number of nitrogen functional groups attached to an aromatic ring is 1. The zero-order valence-electron chi connectivity index (χ0n) is 21.2. The lowest BCUT2D eigenvalue weighted by molar-refractivity contribution is -0.143. The first-order chi connectivity index (χ1) is 18.7. The van der Waals surface area contributed by atoms with E-state index in [1.807, 2.05) is 13.0 Å². The number of nitrogens with one attached hydrogen (secondary N) is 1. The van der Waals surface area contributed by atoms with Gasteiger partial charge in [0.15, 0.2) is 5.69 Å². The predicted molar refractivity (Wildman–Crippen MR) is 147 cm³/mol. The molecule has 1 atom stereocenters. The fraction of sp³-hybridized carbons (Fsp3) is 0.185. The normalized spacial score (nSPS) is 11.5. The van der Waals surface area contributed by atoms with Crippen molar-refractivity contribution in [1.82, 2.24) is 14.7 Å². The van der Waals surface area contributed by atoms with Crippen LogP contribution in [0.4, 0.5) is 11.4 Å². The van der Waals surface area contributed by atoms with E-state index in [0.717, 1.165) is 10.9 Å². The third-order valence-electron chi connectivity index (χ3n) is 5.85. The lowest BCUT2D eigenvalue weighted by Crippen LogP contribution is -2.45. The number of carbonyl (C=O) groups excluding carboxylic acids is 4. The number of pyridine rings is 1. The van der Waals surface area contributed by atoms with E-state index in [1.54, 1.807) is 61.7 Å². The average molecular weight is 547 g/mol. The molecule has 5 N–H and O–H groups in total. The molecule has 12 heteroatoms. The molecule has 0 aliphatic heterocycles. The number of nitrogens with zero attached hydrogens (tertiary/aromatic N) is 3. The van der Waals surface area contributed by atoms with Crippen LogP contribution in [0.1, 0.15) is 44.3 Å². The molecular formula is C27H26N6O5S. The van der Waals surface area contributed by atoms with Gasteiger partial charge in [-0.25, -0.2) is 0 Å². The number of fused-ring (bicyclic) bond motifs is 1. The fourth-order valence-electron chi connectivity index (χ4n) is 3.98. The molecule has 39 heavy (non-hydrogen) atoms. The van der Waals surface area contributed by atoms with Gasteiger partial charge in [-0.05, 0) is 61.3 Å². The zero-order valence-corrected chi connectivity index (χ0v) is 22.0. The van der Waals surface area contributed by atoms with Crippen LogP contribution in [0.5, 0.6) is 0 Å². The van der Waals surface area contributed by atoms with Gasteiger partial charge in [-0.2, -0.15) is 4.37 Å². The second-order valence-corrected chi connectivity index (χ2v) is 9.30. The number of carbonyl (C=O) groups is 4. The van der Waals surface area contributed by atoms with E-state index >= 15 is 0 Å². The quantitative estimate of drug-likeness (QED) is 0.269. The van der Waals surface area contributed by atoms with Crippen molar-refractivity contribution >= 4 is 57.5 Å². The van der Waals surface area contributed by atoms with Crippen molar-refractivity contribution in [3.05, 3.63) is 82.5 Å². The van der Waals surface area contributed by atoms with Gasteiger partial charge in [0.2, 0.25) is 5.91 Å². The summed E-state index contributed by atoms with van der Waals surface area (Å²) in [6.45, 7) is 3.29. The summed E-state index contributed by atoms with van der Waals surface area (Å²) in [6, 6.07) is 14.5. The van der Waals surface area contributed by atoms with Crippen LogP contribution >= 0.6 is 11.5 Å². The second kappa shape index (κ2) is 11.7. The SMILES string of the molecule is CCOC(=O)CNC(=O)C(c1ccc2ncccc2c1)N(C(=O)c1snc(C(N)=O)c1N)c1ccc(C)cc1. The maximum Gasteiger partial charge on any atom is 0.325 e. The van der Waals surface area contributed by atoms with Crippen molar-refractivity contribution in [1.29, 1.82) is 0 Å². The number of esters is 1. The van der Waals surface area contributed by atoms with Crippen molar-refractivity contribution in [2.24, 2.45) is 5.73 Å². The number of benzene rings is 2. The lowest BCUT2D eigenvalue weighted by Gasteiger charge is -2.31. The standard InChI is InChI=1S/C27H26N6O5S/c1-3-38-20(34)14-31-26(36)23(17-8-11-19-16(13-17)5-4-12-30-19)33(18-9-6-15(2)7-10-18)27(37)24-21(28)22(25(29)35)32-39-24/h4-13,23H,3,14,28H2,1-2H3,(H2,29,35)(H,31,36). The number of hydrogen-bond donors (Lipinski definition) is 3. The van der Waals surface area contributed by atoms with Crippen LogP contribution < -0.4 is 21.7 Å². The summed E-state index contributed by atoms with van der Waals surface area (Å²) in [5.74, 6) is -2.82. The van der Waals surface area contributed by atoms with Crippen LogP contribution in [0.25, 0.3) is 10.9 Å². The van der Waals surface area contributed by atoms with Crippen LogP contribution in [0.3, 0.4) is 0 Å². The Kier molecular flexibility index (Phi) is 8.15. The van der Waals surface area contributed by atoms with Crippen LogP contribution in [0.15, 0.2) is 60.8 Å². The molecule has 1 unspecified atom stereocenters. The highest BCUT2D eigenvalue weighted by Gasteiger charge is 2.36. The van der Waals surface area contributed by atoms with E-state index in [2.05, 4.69) is 14.7 Å². The summed E-state index contributed by atoms with van der Waals surface area (Å²) in [5.41, 5.74) is 13.5. The highest BCUT2D eigenvalue weighted by atomic mass is 32.1. The van der Waals surface area contributed by atoms with Gasteiger partial charge in [0, 0.05) is 17.3 Å². The Morgan fingerprint density at radius 3 is 2.51 bits per heavy atom. The van der Waals surface area contributed by atoms with Crippen molar-refractivity contribution in [2.45, 2.75) is 19.9 Å². The van der Waals surface area contributed by atoms with Crippen LogP contribution in [0.2, 0.25) is 0 Å². The molecule has 3 amide bonds. The van der Waals surface area contributed by atoms with Crippen molar-refractivity contribution in [3.63, 3.8) is 0 Å². The van der Waals surface area contributed by atoms with E-state index in [9.17, 15) is 19.2 Å². The van der Waals surface area contributed by atoms with E-state index in [4.69, 9.17) is 16.2 Å². The monoisotopic (exact) mass is 546 g/mol. The van der Waals surface area contributed by atoms with Gasteiger partial charge in [0.25, 0.3) is 11.8 Å². The molecule has 11 nitrogen and oxygen atoms in total. The molecule has 0 aliphatic rings. The van der Waals surface area contributed by atoms with Crippen molar-refractivity contribution < 1.29 is 23.9 Å². The van der Waals surface area contributed by atoms with E-state index in [1.165, 1.54) is 4.90 Å². The average Bonchev–Trinajstić information content (AvgIpc) is 3.32. The van der Waals surface area contributed by atoms with E-state index in [0.29, 0.717) is 28.3 Å². The molecule has 0 saturated carbocycles. The maximum atomic E-state index is 14.1. The minimum Gasteiger partial charge on any atom is -0.465 e. The Hall–Kier alpha value is -4.84. The number of hydrogen-bond acceptors (Lipinski definition) is 9. The zero-order chi connectivity index (χ0) is 28.1. The van der Waals surface area contributed by atoms with Gasteiger partial charge < -0.3 is 21.5 Å². The highest BCUT2D eigenvalue weighted by molar-refractivity contribution is 7.09. The van der Waals surface area contributed by atoms with Gasteiger partial charge in [-0.3, -0.25) is 29.1 Å². The third kappa shape index (κ3) is 5.85. The Morgan fingerprint density at radius 1 is 1.10 bits per heavy atom. The molecule has 200 valence electrons. The largest absolute Gasteiger partial charge is 0.465 e. The number of nitrogens with two attached hydrogens (primary N) is 2. The molecule has 0 aliphatic carbocycles. The molecule has 2 heterocycles. The molecule has 0 saturated heterocycles. The molecule has 0 bridgehead atoms. The summed E-state index contributed by atoms with van der Waals surface area (Å²) in [7, 11) is 0. The fourth-order valence-corrected chi connectivity index (χ4v) is 4.72. The Morgan fingerprint density at radius 2 is 1.85 bits per heavy atom. The second-order valence-electron chi connectivity index (χ2n) is 8.53. The molecule has 0 spiro atoms. The number of anilines is 2. The van der Waals surface area contributed by atoms with Crippen LogP contribution in [0, 0.1) is 6.92 Å². The molecule has 2 aromatic heterocycles. The van der Waals surface area contributed by atoms with Gasteiger partial charge in [-0.15, -0.1) is 0 Å². The Balaban J connectivity index is 1.88. The topological polar surface area (TPSA) is 171 Å². The number of aromatic nitrogens is 2. The number of primary amides is 1. The van der Waals surface area contributed by atoms with E-state index < -0.39 is 36.3 Å². The molecule has 0 radical (unpaired) electrons. The maximum absolute atomic E-state index is 14.1. The molecule has 4 aromatic rings. The highest BCUT2D eigenvalue weighted by Crippen LogP contribution is 2.34. The van der Waals surface area contributed by atoms with Crippen molar-refractivity contribution in [3.8, 4) is 0 Å². The predicted octanol–water partition coefficient (Wildman–Crippen LogP) is 2.75. The van der Waals surface area contributed by atoms with Gasteiger partial charge >= 0.3 is 5.97 Å². The number of rotatable bonds is 9. The van der Waals surface area contributed by atoms with Gasteiger partial charge in [0.1, 0.15) is 17.5 Å². The van der Waals surface area contributed by atoms with Crippen molar-refractivity contribution in [2.75, 3.05) is 23.8 Å². The van der Waals surface area contributed by atoms with Gasteiger partial charge in [0.05, 0.1) is 17.8 Å². The van der Waals surface area contributed by atoms with Crippen LogP contribution in [-0.2, 0) is 14.3 Å². The summed E-state index contributed by atoms with van der Waals surface area (Å²) in [6.07, 6.45) is 1.65. The molecular weight excluding hydrogens is 520 g/mol. The van der Waals surface area contributed by atoms with E-state index in [-0.39, 0.29) is 22.9 Å². The van der Waals surface area contributed by atoms with Gasteiger partial charge in [-0.1, -0.05) is 29.8 Å². The Bertz CT molecular complexity index is 1550. The molecule has 2 aromatic carbocycles. The third-order valence-corrected chi connectivity index (χ3v) is 6.70. The number of aryl methyl sites for hydroxylation is 1. The summed E-state index contributed by atoms with van der Waals surface area (Å²) in [5, 5.41) is 3.32. The first kappa shape index (κ1) is 27.2. The summed E-state index contributed by atoms with van der Waals surface area (Å²) in [4.78, 5) is 57.2. The minimum absolute atomic E-state index is 0.0602. The lowest BCUT2D eigenvalue weighted by atomic mass is 10.00. The summed E-state index contributed by atoms with van der Waals surface area (Å²) >= 11 is 0.708. The van der Waals surface area contributed by atoms with Crippen LogP contribution in [-0.4, -0.2) is 46.2 Å². The molecule has 4 rings (SSSR count).